The molecule has 0 unspecified atom stereocenters. The van der Waals surface area contributed by atoms with Crippen molar-refractivity contribution in [1.82, 2.24) is 9.62 Å². The smallest absolute Gasteiger partial charge is 0.269 e. The van der Waals surface area contributed by atoms with Gasteiger partial charge in [-0.3, -0.25) is 14.9 Å². The van der Waals surface area contributed by atoms with E-state index in [1.807, 2.05) is 0 Å². The predicted molar refractivity (Wildman–Crippen MR) is 101 cm³/mol. The van der Waals surface area contributed by atoms with Gasteiger partial charge < -0.3 is 4.90 Å². The number of hydrogen-bond donors (Lipinski definition) is 1. The Morgan fingerprint density at radius 3 is 2.61 bits per heavy atom. The molecule has 0 aliphatic carbocycles. The van der Waals surface area contributed by atoms with Gasteiger partial charge in [-0.2, -0.15) is 5.26 Å². The number of nitro groups is 1. The number of sulfonamides is 1. The van der Waals surface area contributed by atoms with Crippen LogP contribution in [-0.2, 0) is 14.8 Å². The molecule has 0 aliphatic rings. The lowest BCUT2D eigenvalue weighted by atomic mass is 10.1. The zero-order chi connectivity index (χ0) is 20.9. The highest BCUT2D eigenvalue weighted by atomic mass is 32.2. The Hall–Kier alpha value is -3.29. The van der Waals surface area contributed by atoms with Crippen LogP contribution < -0.4 is 4.72 Å². The molecule has 0 radical (unpaired) electrons. The zero-order valence-corrected chi connectivity index (χ0v) is 16.0. The van der Waals surface area contributed by atoms with Crippen molar-refractivity contribution in [3.8, 4) is 6.07 Å². The van der Waals surface area contributed by atoms with Gasteiger partial charge in [-0.15, -0.1) is 0 Å². The van der Waals surface area contributed by atoms with E-state index in [1.54, 1.807) is 19.1 Å². The van der Waals surface area contributed by atoms with Gasteiger partial charge in [0, 0.05) is 19.2 Å². The summed E-state index contributed by atoms with van der Waals surface area (Å²) < 4.78 is 27.0. The van der Waals surface area contributed by atoms with E-state index in [4.69, 9.17) is 5.26 Å². The Morgan fingerprint density at radius 1 is 1.29 bits per heavy atom. The molecule has 146 valence electrons. The molecule has 0 aromatic heterocycles. The van der Waals surface area contributed by atoms with Gasteiger partial charge in [0.2, 0.25) is 15.9 Å². The summed E-state index contributed by atoms with van der Waals surface area (Å²) in [7, 11) is -2.57. The summed E-state index contributed by atoms with van der Waals surface area (Å²) in [5.74, 6) is -0.531. The van der Waals surface area contributed by atoms with Crippen LogP contribution in [0.3, 0.4) is 0 Å². The molecule has 1 N–H and O–H groups in total. The summed E-state index contributed by atoms with van der Waals surface area (Å²) in [5, 5.41) is 19.9. The molecule has 2 aromatic carbocycles. The fourth-order valence-corrected chi connectivity index (χ4v) is 3.62. The first-order valence-corrected chi connectivity index (χ1v) is 9.64. The molecule has 2 rings (SSSR count). The van der Waals surface area contributed by atoms with Gasteiger partial charge in [0.25, 0.3) is 5.69 Å². The maximum Gasteiger partial charge on any atom is 0.269 e. The number of hydrogen-bond acceptors (Lipinski definition) is 6. The first kappa shape index (κ1) is 21.0. The highest BCUT2D eigenvalue weighted by molar-refractivity contribution is 7.89. The molecule has 9 nitrogen and oxygen atoms in total. The van der Waals surface area contributed by atoms with Gasteiger partial charge >= 0.3 is 0 Å². The fraction of sp³-hybridized carbons (Fsp3) is 0.222. The largest absolute Gasteiger partial charge is 0.338 e. The Balaban J connectivity index is 2.11. The van der Waals surface area contributed by atoms with Crippen LogP contribution in [-0.4, -0.2) is 37.7 Å². The SMILES string of the molecule is C[C@@H](c1cccc([N+](=O)[O-])c1)N(C)C(=O)CNS(=O)(=O)c1ccccc1C#N. The summed E-state index contributed by atoms with van der Waals surface area (Å²) in [6, 6.07) is 12.8. The summed E-state index contributed by atoms with van der Waals surface area (Å²) >= 11 is 0. The Labute approximate surface area is 162 Å². The van der Waals surface area contributed by atoms with E-state index in [1.165, 1.54) is 54.4 Å². The van der Waals surface area contributed by atoms with Gasteiger partial charge in [0.05, 0.1) is 28.0 Å². The Kier molecular flexibility index (Phi) is 6.45. The monoisotopic (exact) mass is 402 g/mol. The maximum absolute atomic E-state index is 12.4. The number of likely N-dealkylation sites (N-methyl/N-ethyl adjacent to an activating group) is 1. The number of rotatable bonds is 7. The van der Waals surface area contributed by atoms with Crippen molar-refractivity contribution in [3.05, 3.63) is 69.8 Å². The quantitative estimate of drug-likeness (QED) is 0.556. The van der Waals surface area contributed by atoms with E-state index >= 15 is 0 Å². The van der Waals surface area contributed by atoms with Crippen molar-refractivity contribution in [2.45, 2.75) is 17.9 Å². The highest BCUT2D eigenvalue weighted by Gasteiger charge is 2.23. The van der Waals surface area contributed by atoms with Crippen molar-refractivity contribution < 1.29 is 18.1 Å². The number of non-ortho nitro benzene ring substituents is 1. The number of carbonyl (C=O) groups is 1. The average Bonchev–Trinajstić information content (AvgIpc) is 2.70. The second kappa shape index (κ2) is 8.60. The molecule has 0 bridgehead atoms. The van der Waals surface area contributed by atoms with E-state index in [0.29, 0.717) is 5.56 Å². The Bertz CT molecular complexity index is 1050. The molecule has 0 spiro atoms. The molecular weight excluding hydrogens is 384 g/mol. The van der Waals surface area contributed by atoms with Gasteiger partial charge in [-0.25, -0.2) is 13.1 Å². The molecule has 0 heterocycles. The summed E-state index contributed by atoms with van der Waals surface area (Å²) in [6.45, 7) is 1.16. The van der Waals surface area contributed by atoms with Gasteiger partial charge in [-0.05, 0) is 24.6 Å². The van der Waals surface area contributed by atoms with Crippen molar-refractivity contribution in [2.75, 3.05) is 13.6 Å². The van der Waals surface area contributed by atoms with Crippen LogP contribution in [0.1, 0.15) is 24.1 Å². The number of nitriles is 1. The summed E-state index contributed by atoms with van der Waals surface area (Å²) in [6.07, 6.45) is 0. The van der Waals surface area contributed by atoms with Crippen LogP contribution >= 0.6 is 0 Å². The summed E-state index contributed by atoms with van der Waals surface area (Å²) in [4.78, 5) is 23.9. The number of carbonyl (C=O) groups excluding carboxylic acids is 1. The number of benzene rings is 2. The first-order chi connectivity index (χ1) is 13.2. The third-order valence-electron chi connectivity index (χ3n) is 4.25. The van der Waals surface area contributed by atoms with Crippen LogP contribution in [0, 0.1) is 21.4 Å². The van der Waals surface area contributed by atoms with E-state index in [2.05, 4.69) is 4.72 Å². The molecule has 1 atom stereocenters. The van der Waals surface area contributed by atoms with Crippen molar-refractivity contribution in [3.63, 3.8) is 0 Å². The minimum absolute atomic E-state index is 0.0271. The van der Waals surface area contributed by atoms with Gasteiger partial charge in [0.15, 0.2) is 0 Å². The lowest BCUT2D eigenvalue weighted by molar-refractivity contribution is -0.384. The number of nitrogens with zero attached hydrogens (tertiary/aromatic N) is 3. The third-order valence-corrected chi connectivity index (χ3v) is 5.71. The maximum atomic E-state index is 12.4. The normalized spacial score (nSPS) is 12.0. The molecule has 0 fully saturated rings. The highest BCUT2D eigenvalue weighted by Crippen LogP contribution is 2.23. The van der Waals surface area contributed by atoms with E-state index in [-0.39, 0.29) is 16.1 Å². The summed E-state index contributed by atoms with van der Waals surface area (Å²) in [5.41, 5.74) is 0.419. The Morgan fingerprint density at radius 2 is 1.96 bits per heavy atom. The number of amides is 1. The van der Waals surface area contributed by atoms with E-state index < -0.39 is 33.4 Å². The van der Waals surface area contributed by atoms with Crippen molar-refractivity contribution in [1.29, 1.82) is 5.26 Å². The zero-order valence-electron chi connectivity index (χ0n) is 15.2. The van der Waals surface area contributed by atoms with E-state index in [0.717, 1.165) is 0 Å². The fourth-order valence-electron chi connectivity index (χ4n) is 2.49. The third kappa shape index (κ3) is 4.70. The average molecular weight is 402 g/mol. The number of nitro benzene ring substituents is 1. The van der Waals surface area contributed by atoms with Gasteiger partial charge in [-0.1, -0.05) is 24.3 Å². The molecule has 10 heteroatoms. The van der Waals surface area contributed by atoms with Crippen LogP contribution in [0.15, 0.2) is 53.4 Å². The van der Waals surface area contributed by atoms with Crippen LogP contribution in [0.25, 0.3) is 0 Å². The molecular formula is C18H18N4O5S. The topological polar surface area (TPSA) is 133 Å². The molecule has 0 saturated heterocycles. The van der Waals surface area contributed by atoms with Crippen molar-refractivity contribution >= 4 is 21.6 Å². The minimum atomic E-state index is -4.05. The standard InChI is InChI=1S/C18H18N4O5S/c1-13(14-7-5-8-16(10-14)22(24)25)21(2)18(23)12-20-28(26,27)17-9-4-3-6-15(17)11-19/h3-10,13,20H,12H2,1-2H3/t13-/m0/s1. The lowest BCUT2D eigenvalue weighted by Crippen LogP contribution is -2.39. The second-order valence-electron chi connectivity index (χ2n) is 5.97. The molecule has 0 aliphatic heterocycles. The lowest BCUT2D eigenvalue weighted by Gasteiger charge is -2.25. The molecule has 2 aromatic rings. The van der Waals surface area contributed by atoms with E-state index in [9.17, 15) is 23.3 Å². The minimum Gasteiger partial charge on any atom is -0.338 e. The predicted octanol–water partition coefficient (Wildman–Crippen LogP) is 1.96. The molecule has 1 amide bonds. The van der Waals surface area contributed by atoms with Crippen LogP contribution in [0.2, 0.25) is 0 Å². The van der Waals surface area contributed by atoms with Gasteiger partial charge in [0.1, 0.15) is 6.07 Å². The molecule has 28 heavy (non-hydrogen) atoms. The second-order valence-corrected chi connectivity index (χ2v) is 7.70. The van der Waals surface area contributed by atoms with Crippen LogP contribution in [0.5, 0.6) is 0 Å². The van der Waals surface area contributed by atoms with Crippen LogP contribution in [0.4, 0.5) is 5.69 Å². The van der Waals surface area contributed by atoms with Crippen molar-refractivity contribution in [2.24, 2.45) is 0 Å². The molecule has 0 saturated carbocycles. The first-order valence-electron chi connectivity index (χ1n) is 8.16. The number of nitrogens with one attached hydrogen (secondary N) is 1.